The van der Waals surface area contributed by atoms with Crippen LogP contribution in [0.5, 0.6) is 0 Å². The van der Waals surface area contributed by atoms with Gasteiger partial charge in [0.2, 0.25) is 5.91 Å². The number of anilines is 2. The van der Waals surface area contributed by atoms with Crippen molar-refractivity contribution < 1.29 is 14.4 Å². The van der Waals surface area contributed by atoms with Crippen LogP contribution in [-0.4, -0.2) is 41.4 Å². The Morgan fingerprint density at radius 2 is 1.90 bits per heavy atom. The molecule has 1 fully saturated rings. The number of nitrogens with zero attached hydrogens (tertiary/aromatic N) is 4. The van der Waals surface area contributed by atoms with E-state index in [-0.39, 0.29) is 6.54 Å². The van der Waals surface area contributed by atoms with Crippen molar-refractivity contribution in [1.29, 1.82) is 0 Å². The van der Waals surface area contributed by atoms with Gasteiger partial charge in [-0.3, -0.25) is 19.4 Å². The predicted octanol–water partition coefficient (Wildman–Crippen LogP) is 2.89. The van der Waals surface area contributed by atoms with Crippen LogP contribution < -0.4 is 10.2 Å². The van der Waals surface area contributed by atoms with E-state index < -0.39 is 29.8 Å². The topological polar surface area (TPSA) is 94.4 Å². The largest absolute Gasteiger partial charge is 0.324 e. The molecule has 2 heterocycles. The number of benzene rings is 2. The number of hydrogen-bond acceptors (Lipinski definition) is 6. The minimum Gasteiger partial charge on any atom is -0.324 e. The SMILES string of the molecule is Cc1ccc(N2C(=O)[C@H]3N=NN(CC(=O)Nc4cccc(Cl)c4)[C@@H]3C2=O)cc1C. The molecule has 0 unspecified atom stereocenters. The van der Waals surface area contributed by atoms with Gasteiger partial charge in [-0.1, -0.05) is 29.0 Å². The lowest BCUT2D eigenvalue weighted by atomic mass is 10.1. The molecule has 2 aliphatic heterocycles. The van der Waals surface area contributed by atoms with E-state index in [4.69, 9.17) is 11.6 Å². The highest BCUT2D eigenvalue weighted by Gasteiger charge is 2.55. The third-order valence-electron chi connectivity index (χ3n) is 5.02. The maximum atomic E-state index is 13.0. The molecular weight excluding hydrogens is 394 g/mol. The monoisotopic (exact) mass is 411 g/mol. The van der Waals surface area contributed by atoms with Gasteiger partial charge in [-0.15, -0.1) is 0 Å². The van der Waals surface area contributed by atoms with Gasteiger partial charge in [-0.25, -0.2) is 4.90 Å². The normalized spacial score (nSPS) is 20.4. The summed E-state index contributed by atoms with van der Waals surface area (Å²) in [4.78, 5) is 39.3. The number of fused-ring (bicyclic) bond motifs is 1. The quantitative estimate of drug-likeness (QED) is 0.782. The van der Waals surface area contributed by atoms with E-state index in [1.807, 2.05) is 19.9 Å². The number of nitrogens with one attached hydrogen (secondary N) is 1. The van der Waals surface area contributed by atoms with Crippen LogP contribution in [-0.2, 0) is 14.4 Å². The Morgan fingerprint density at radius 1 is 1.10 bits per heavy atom. The van der Waals surface area contributed by atoms with Gasteiger partial charge < -0.3 is 5.32 Å². The minimum atomic E-state index is -0.942. The van der Waals surface area contributed by atoms with E-state index in [0.717, 1.165) is 16.0 Å². The highest BCUT2D eigenvalue weighted by atomic mass is 35.5. The molecule has 0 aromatic heterocycles. The molecule has 29 heavy (non-hydrogen) atoms. The molecule has 2 atom stereocenters. The van der Waals surface area contributed by atoms with E-state index in [2.05, 4.69) is 15.7 Å². The van der Waals surface area contributed by atoms with E-state index in [0.29, 0.717) is 16.4 Å². The lowest BCUT2D eigenvalue weighted by Gasteiger charge is -2.20. The zero-order valence-corrected chi connectivity index (χ0v) is 16.6. The van der Waals surface area contributed by atoms with Crippen LogP contribution in [0.3, 0.4) is 0 Å². The van der Waals surface area contributed by atoms with E-state index in [1.165, 1.54) is 5.01 Å². The second-order valence-corrected chi connectivity index (χ2v) is 7.47. The van der Waals surface area contributed by atoms with Crippen molar-refractivity contribution in [3.05, 3.63) is 58.6 Å². The van der Waals surface area contributed by atoms with Crippen LogP contribution in [0.15, 0.2) is 52.8 Å². The lowest BCUT2D eigenvalue weighted by Crippen LogP contribution is -2.43. The van der Waals surface area contributed by atoms with E-state index in [9.17, 15) is 14.4 Å². The number of aryl methyl sites for hydroxylation is 2. The second-order valence-electron chi connectivity index (χ2n) is 7.03. The first-order valence-corrected chi connectivity index (χ1v) is 9.41. The summed E-state index contributed by atoms with van der Waals surface area (Å²) in [5, 5.41) is 12.3. The van der Waals surface area contributed by atoms with Crippen molar-refractivity contribution in [2.75, 3.05) is 16.8 Å². The van der Waals surface area contributed by atoms with Crippen LogP contribution in [0.25, 0.3) is 0 Å². The molecule has 2 aromatic carbocycles. The van der Waals surface area contributed by atoms with E-state index >= 15 is 0 Å². The van der Waals surface area contributed by atoms with Crippen LogP contribution in [0.4, 0.5) is 11.4 Å². The first-order chi connectivity index (χ1) is 13.8. The average Bonchev–Trinajstić information content (AvgIpc) is 3.18. The smallest absolute Gasteiger partial charge is 0.263 e. The van der Waals surface area contributed by atoms with Gasteiger partial charge in [0.15, 0.2) is 12.1 Å². The molecule has 0 saturated carbocycles. The average molecular weight is 412 g/mol. The first kappa shape index (κ1) is 19.1. The number of hydrogen-bond donors (Lipinski definition) is 1. The summed E-state index contributed by atoms with van der Waals surface area (Å²) >= 11 is 5.92. The Hall–Kier alpha value is -3.26. The molecule has 4 rings (SSSR count). The summed E-state index contributed by atoms with van der Waals surface area (Å²) in [5.74, 6) is -1.27. The predicted molar refractivity (Wildman–Crippen MR) is 108 cm³/mol. The van der Waals surface area contributed by atoms with Crippen molar-refractivity contribution in [1.82, 2.24) is 5.01 Å². The molecule has 0 spiro atoms. The number of carbonyl (C=O) groups excluding carboxylic acids is 3. The fourth-order valence-electron chi connectivity index (χ4n) is 3.39. The highest BCUT2D eigenvalue weighted by Crippen LogP contribution is 2.32. The molecule has 0 radical (unpaired) electrons. The van der Waals surface area contributed by atoms with Gasteiger partial charge in [0.05, 0.1) is 5.69 Å². The number of rotatable bonds is 4. The van der Waals surface area contributed by atoms with Gasteiger partial charge >= 0.3 is 0 Å². The molecule has 0 bridgehead atoms. The molecule has 148 valence electrons. The van der Waals surface area contributed by atoms with Crippen molar-refractivity contribution in [2.45, 2.75) is 25.9 Å². The van der Waals surface area contributed by atoms with Gasteiger partial charge in [-0.2, -0.15) is 5.11 Å². The summed E-state index contributed by atoms with van der Waals surface area (Å²) < 4.78 is 0. The zero-order chi connectivity index (χ0) is 20.7. The molecule has 1 saturated heterocycles. The molecule has 1 N–H and O–H groups in total. The molecule has 2 aromatic rings. The van der Waals surface area contributed by atoms with Crippen molar-refractivity contribution in [3.63, 3.8) is 0 Å². The number of amides is 3. The summed E-state index contributed by atoms with van der Waals surface area (Å²) in [5.41, 5.74) is 3.06. The van der Waals surface area contributed by atoms with Gasteiger partial charge in [0, 0.05) is 10.7 Å². The maximum absolute atomic E-state index is 13.0. The first-order valence-electron chi connectivity index (χ1n) is 9.03. The second kappa shape index (κ2) is 7.29. The van der Waals surface area contributed by atoms with E-state index in [1.54, 1.807) is 36.4 Å². The zero-order valence-electron chi connectivity index (χ0n) is 15.8. The summed E-state index contributed by atoms with van der Waals surface area (Å²) in [7, 11) is 0. The van der Waals surface area contributed by atoms with Crippen LogP contribution in [0.1, 0.15) is 11.1 Å². The Kier molecular flexibility index (Phi) is 4.79. The lowest BCUT2D eigenvalue weighted by molar-refractivity contribution is -0.123. The third kappa shape index (κ3) is 3.47. The van der Waals surface area contributed by atoms with Gasteiger partial charge in [-0.05, 0) is 55.3 Å². The fourth-order valence-corrected chi connectivity index (χ4v) is 3.58. The maximum Gasteiger partial charge on any atom is 0.263 e. The summed E-state index contributed by atoms with van der Waals surface area (Å²) in [6.45, 7) is 3.66. The van der Waals surface area contributed by atoms with Crippen molar-refractivity contribution in [3.8, 4) is 0 Å². The Balaban J connectivity index is 1.50. The van der Waals surface area contributed by atoms with Crippen molar-refractivity contribution >= 4 is 40.7 Å². The summed E-state index contributed by atoms with van der Waals surface area (Å²) in [6, 6.07) is 10.2. The van der Waals surface area contributed by atoms with Gasteiger partial charge in [0.1, 0.15) is 6.54 Å². The molecule has 0 aliphatic carbocycles. The van der Waals surface area contributed by atoms with Crippen LogP contribution in [0, 0.1) is 13.8 Å². The standard InChI is InChI=1S/C20H18ClN5O3/c1-11-6-7-15(8-12(11)2)26-19(28)17-18(20(26)29)25(24-23-17)10-16(27)22-14-5-3-4-13(21)9-14/h3-9,17-18H,10H2,1-2H3,(H,22,27)/t17-,18-/m0/s1. The van der Waals surface area contributed by atoms with Crippen molar-refractivity contribution in [2.24, 2.45) is 10.3 Å². The highest BCUT2D eigenvalue weighted by molar-refractivity contribution is 6.31. The minimum absolute atomic E-state index is 0.211. The molecule has 8 nitrogen and oxygen atoms in total. The third-order valence-corrected chi connectivity index (χ3v) is 5.26. The number of halogens is 1. The van der Waals surface area contributed by atoms with Crippen LogP contribution in [0.2, 0.25) is 5.02 Å². The molecular formula is C20H18ClN5O3. The molecule has 3 amide bonds. The number of imide groups is 1. The number of carbonyl (C=O) groups is 3. The van der Waals surface area contributed by atoms with Gasteiger partial charge in [0.25, 0.3) is 11.8 Å². The fraction of sp³-hybridized carbons (Fsp3) is 0.250. The Labute approximate surface area is 172 Å². The summed E-state index contributed by atoms with van der Waals surface area (Å²) in [6.07, 6.45) is 0. The molecule has 2 aliphatic rings. The Morgan fingerprint density at radius 3 is 2.62 bits per heavy atom. The van der Waals surface area contributed by atoms with Crippen LogP contribution >= 0.6 is 11.6 Å². The molecule has 9 heteroatoms. The Bertz CT molecular complexity index is 1050.